The lowest BCUT2D eigenvalue weighted by molar-refractivity contribution is -0.165. The van der Waals surface area contributed by atoms with Crippen LogP contribution in [0.25, 0.3) is 0 Å². The molecule has 2 heterocycles. The van der Waals surface area contributed by atoms with Gasteiger partial charge in [0.05, 0.1) is 31.8 Å². The molecule has 36 heavy (non-hydrogen) atoms. The Labute approximate surface area is 213 Å². The molecule has 0 unspecified atom stereocenters. The number of rotatable bonds is 5. The van der Waals surface area contributed by atoms with Gasteiger partial charge in [-0.05, 0) is 30.1 Å². The molecule has 1 aromatic carbocycles. The molecule has 1 aliphatic carbocycles. The fourth-order valence-corrected chi connectivity index (χ4v) is 6.92. The van der Waals surface area contributed by atoms with E-state index in [9.17, 15) is 19.5 Å². The second-order valence-corrected chi connectivity index (χ2v) is 16.3. The van der Waals surface area contributed by atoms with Crippen molar-refractivity contribution in [2.24, 2.45) is 5.92 Å². The Hall–Kier alpha value is -2.43. The van der Waals surface area contributed by atoms with Gasteiger partial charge in [-0.2, -0.15) is 0 Å². The number of benzene rings is 1. The second kappa shape index (κ2) is 9.46. The lowest BCUT2D eigenvalue weighted by atomic mass is 9.69. The molecular weight excluding hydrogens is 482 g/mol. The number of ether oxygens (including phenoxy) is 3. The zero-order valence-electron chi connectivity index (χ0n) is 21.9. The van der Waals surface area contributed by atoms with Crippen LogP contribution in [0.4, 0.5) is 4.79 Å². The molecule has 1 spiro atoms. The Kier molecular flexibility index (Phi) is 7.00. The monoisotopic (exact) mass is 519 g/mol. The molecule has 198 valence electrons. The Morgan fingerprint density at radius 3 is 2.50 bits per heavy atom. The summed E-state index contributed by atoms with van der Waals surface area (Å²) < 4.78 is 23.1. The summed E-state index contributed by atoms with van der Waals surface area (Å²) >= 11 is 0. The van der Waals surface area contributed by atoms with Crippen LogP contribution in [0.1, 0.15) is 45.6 Å². The smallest absolute Gasteiger partial charge is 0.411 e. The molecule has 0 aromatic heterocycles. The number of likely N-dealkylation sites (tertiary alicyclic amines) is 1. The fourth-order valence-electron chi connectivity index (χ4n) is 5.57. The average molecular weight is 520 g/mol. The molecule has 1 N–H and O–H groups in total. The summed E-state index contributed by atoms with van der Waals surface area (Å²) in [6.45, 7) is 10.5. The zero-order chi connectivity index (χ0) is 26.5. The van der Waals surface area contributed by atoms with Crippen molar-refractivity contribution in [2.75, 3.05) is 7.11 Å². The van der Waals surface area contributed by atoms with Gasteiger partial charge < -0.3 is 23.7 Å². The summed E-state index contributed by atoms with van der Waals surface area (Å²) in [6.07, 6.45) is -2.03. The first-order chi connectivity index (χ1) is 16.8. The molecule has 3 fully saturated rings. The highest BCUT2D eigenvalue weighted by molar-refractivity contribution is 6.74. The largest absolute Gasteiger partial charge is 0.467 e. The summed E-state index contributed by atoms with van der Waals surface area (Å²) in [4.78, 5) is 40.2. The van der Waals surface area contributed by atoms with Crippen molar-refractivity contribution >= 4 is 26.3 Å². The van der Waals surface area contributed by atoms with Crippen molar-refractivity contribution in [1.29, 1.82) is 0 Å². The maximum Gasteiger partial charge on any atom is 0.411 e. The fraction of sp³-hybridized carbons (Fsp3) is 0.654. The quantitative estimate of drug-likeness (QED) is 0.358. The molecule has 0 radical (unpaired) electrons. The van der Waals surface area contributed by atoms with Crippen molar-refractivity contribution < 1.29 is 38.1 Å². The van der Waals surface area contributed by atoms with Gasteiger partial charge in [-0.25, -0.2) is 9.59 Å². The molecule has 2 aliphatic heterocycles. The average Bonchev–Trinajstić information content (AvgIpc) is 3.33. The van der Waals surface area contributed by atoms with Crippen molar-refractivity contribution in [3.8, 4) is 0 Å². The molecule has 1 amide bonds. The predicted molar refractivity (Wildman–Crippen MR) is 132 cm³/mol. The van der Waals surface area contributed by atoms with E-state index in [1.807, 2.05) is 30.3 Å². The number of methoxy groups -OCH3 is 1. The van der Waals surface area contributed by atoms with E-state index in [0.717, 1.165) is 5.56 Å². The van der Waals surface area contributed by atoms with E-state index in [-0.39, 0.29) is 30.9 Å². The normalized spacial score (nSPS) is 31.9. The van der Waals surface area contributed by atoms with Crippen LogP contribution >= 0.6 is 0 Å². The van der Waals surface area contributed by atoms with Crippen LogP contribution in [-0.4, -0.2) is 73.4 Å². The maximum atomic E-state index is 13.5. The number of aliphatic hydroxyl groups is 1. The number of carbonyl (C=O) groups excluding carboxylic acids is 3. The van der Waals surface area contributed by atoms with E-state index in [0.29, 0.717) is 0 Å². The minimum atomic E-state index is -2.31. The van der Waals surface area contributed by atoms with Crippen LogP contribution < -0.4 is 0 Å². The van der Waals surface area contributed by atoms with E-state index < -0.39 is 62.2 Å². The molecule has 1 aromatic rings. The van der Waals surface area contributed by atoms with E-state index in [2.05, 4.69) is 33.9 Å². The third kappa shape index (κ3) is 4.54. The van der Waals surface area contributed by atoms with Gasteiger partial charge in [0.1, 0.15) is 18.2 Å². The van der Waals surface area contributed by atoms with Crippen LogP contribution in [0.2, 0.25) is 18.1 Å². The highest BCUT2D eigenvalue weighted by atomic mass is 28.4. The van der Waals surface area contributed by atoms with Crippen molar-refractivity contribution in [2.45, 2.75) is 94.7 Å². The molecule has 2 saturated heterocycles. The molecule has 6 atom stereocenters. The highest BCUT2D eigenvalue weighted by Crippen LogP contribution is 2.55. The minimum Gasteiger partial charge on any atom is -0.467 e. The van der Waals surface area contributed by atoms with E-state index in [4.69, 9.17) is 18.6 Å². The summed E-state index contributed by atoms with van der Waals surface area (Å²) in [5.41, 5.74) is -0.397. The maximum absolute atomic E-state index is 13.5. The third-order valence-electron chi connectivity index (χ3n) is 8.46. The van der Waals surface area contributed by atoms with Gasteiger partial charge >= 0.3 is 18.0 Å². The summed E-state index contributed by atoms with van der Waals surface area (Å²) in [5, 5.41) is 11.3. The van der Waals surface area contributed by atoms with Crippen LogP contribution in [-0.2, 0) is 34.8 Å². The van der Waals surface area contributed by atoms with E-state index in [1.54, 1.807) is 0 Å². The zero-order valence-corrected chi connectivity index (χ0v) is 22.9. The molecule has 3 aliphatic rings. The number of hydrogen-bond acceptors (Lipinski definition) is 8. The van der Waals surface area contributed by atoms with Crippen molar-refractivity contribution in [1.82, 2.24) is 4.90 Å². The van der Waals surface area contributed by atoms with Gasteiger partial charge in [0.25, 0.3) is 0 Å². The molecular formula is C26H37NO8Si. The Morgan fingerprint density at radius 1 is 1.22 bits per heavy atom. The number of amides is 1. The first kappa shape index (κ1) is 26.6. The standard InChI is InChI=1S/C26H37NO8Si/c1-25(2,3)36(5,6)35-19-13-20-26(17(22(19)29)12-21(28)34-26)14-18(23(30)32-4)27(20)24(31)33-15-16-10-8-7-9-11-16/h7-11,17-20,22,29H,12-15H2,1-6H3/t17-,18+,19-,20-,22+,26-/m1/s1. The summed E-state index contributed by atoms with van der Waals surface area (Å²) in [5.74, 6) is -1.69. The van der Waals surface area contributed by atoms with Gasteiger partial charge in [-0.1, -0.05) is 51.1 Å². The number of esters is 2. The van der Waals surface area contributed by atoms with E-state index in [1.165, 1.54) is 12.0 Å². The predicted octanol–water partition coefficient (Wildman–Crippen LogP) is 3.40. The number of carbonyl (C=O) groups is 3. The lowest BCUT2D eigenvalue weighted by Crippen LogP contribution is -2.63. The Morgan fingerprint density at radius 2 is 1.89 bits per heavy atom. The third-order valence-corrected chi connectivity index (χ3v) is 13.0. The van der Waals surface area contributed by atoms with Crippen LogP contribution in [0.15, 0.2) is 30.3 Å². The van der Waals surface area contributed by atoms with Gasteiger partial charge in [0.2, 0.25) is 0 Å². The van der Waals surface area contributed by atoms with Gasteiger partial charge in [0, 0.05) is 12.3 Å². The van der Waals surface area contributed by atoms with Crippen LogP contribution in [0, 0.1) is 5.92 Å². The van der Waals surface area contributed by atoms with E-state index >= 15 is 0 Å². The minimum absolute atomic E-state index is 0.00414. The number of hydrogen-bond donors (Lipinski definition) is 1. The second-order valence-electron chi connectivity index (χ2n) is 11.6. The topological polar surface area (TPSA) is 112 Å². The Bertz CT molecular complexity index is 1010. The van der Waals surface area contributed by atoms with Gasteiger partial charge in [-0.3, -0.25) is 9.69 Å². The molecule has 1 saturated carbocycles. The van der Waals surface area contributed by atoms with Crippen molar-refractivity contribution in [3.05, 3.63) is 35.9 Å². The van der Waals surface area contributed by atoms with Crippen LogP contribution in [0.5, 0.6) is 0 Å². The summed E-state index contributed by atoms with van der Waals surface area (Å²) in [6, 6.07) is 7.54. The lowest BCUT2D eigenvalue weighted by Gasteiger charge is -2.49. The highest BCUT2D eigenvalue weighted by Gasteiger charge is 2.70. The first-order valence-electron chi connectivity index (χ1n) is 12.5. The number of aliphatic hydroxyl groups excluding tert-OH is 1. The van der Waals surface area contributed by atoms with Gasteiger partial charge in [0.15, 0.2) is 8.32 Å². The number of nitrogens with zero attached hydrogens (tertiary/aromatic N) is 1. The van der Waals surface area contributed by atoms with Crippen molar-refractivity contribution in [3.63, 3.8) is 0 Å². The molecule has 10 heteroatoms. The first-order valence-corrected chi connectivity index (χ1v) is 15.4. The summed E-state index contributed by atoms with van der Waals surface area (Å²) in [7, 11) is -1.05. The molecule has 4 rings (SSSR count). The SMILES string of the molecule is COC(=O)[C@@H]1C[C@@]23OC(=O)C[C@@H]2[C@H](O)[C@H](O[Si](C)(C)C(C)(C)C)C[C@H]3N1C(=O)OCc1ccccc1. The molecule has 0 bridgehead atoms. The van der Waals surface area contributed by atoms with Gasteiger partial charge in [-0.15, -0.1) is 0 Å². The molecule has 9 nitrogen and oxygen atoms in total. The van der Waals surface area contributed by atoms with Crippen LogP contribution in [0.3, 0.4) is 0 Å². The Balaban J connectivity index is 1.68.